The summed E-state index contributed by atoms with van der Waals surface area (Å²) in [5.41, 5.74) is 0. The Balaban J connectivity index is 5.17. The fourth-order valence-corrected chi connectivity index (χ4v) is 12.9. The molecule has 93 heavy (non-hydrogen) atoms. The molecule has 0 aromatic heterocycles. The van der Waals surface area contributed by atoms with Gasteiger partial charge in [0.2, 0.25) is 0 Å². The number of esters is 4. The highest BCUT2D eigenvalue weighted by Gasteiger charge is 2.30. The molecule has 0 radical (unpaired) electrons. The highest BCUT2D eigenvalue weighted by atomic mass is 31.2. The van der Waals surface area contributed by atoms with Crippen LogP contribution >= 0.6 is 15.6 Å². The van der Waals surface area contributed by atoms with Crippen LogP contribution in [0.5, 0.6) is 0 Å². The molecule has 0 bridgehead atoms. The molecule has 0 aliphatic heterocycles. The molecule has 0 rings (SSSR count). The number of phosphoric ester groups is 2. The molecule has 0 heterocycles. The van der Waals surface area contributed by atoms with E-state index in [2.05, 4.69) is 34.6 Å². The van der Waals surface area contributed by atoms with Crippen LogP contribution in [-0.4, -0.2) is 96.7 Å². The molecule has 0 spiro atoms. The Morgan fingerprint density at radius 2 is 0.495 bits per heavy atom. The van der Waals surface area contributed by atoms with Gasteiger partial charge in [0.05, 0.1) is 26.4 Å². The Kier molecular flexibility index (Phi) is 65.9. The summed E-state index contributed by atoms with van der Waals surface area (Å²) in [7, 11) is -9.90. The summed E-state index contributed by atoms with van der Waals surface area (Å²) in [6, 6.07) is 0. The van der Waals surface area contributed by atoms with Crippen molar-refractivity contribution in [1.82, 2.24) is 0 Å². The molecule has 3 N–H and O–H groups in total. The Bertz CT molecular complexity index is 1790. The lowest BCUT2D eigenvalue weighted by molar-refractivity contribution is -0.161. The Hall–Kier alpha value is -1.94. The first-order valence-electron chi connectivity index (χ1n) is 38.6. The predicted molar refractivity (Wildman–Crippen MR) is 377 cm³/mol. The molecule has 0 saturated carbocycles. The Morgan fingerprint density at radius 1 is 0.290 bits per heavy atom. The largest absolute Gasteiger partial charge is 0.472 e. The van der Waals surface area contributed by atoms with Crippen LogP contribution in [0.3, 0.4) is 0 Å². The lowest BCUT2D eigenvalue weighted by atomic mass is 10.0. The van der Waals surface area contributed by atoms with E-state index in [1.54, 1.807) is 0 Å². The lowest BCUT2D eigenvalue weighted by Gasteiger charge is -2.21. The molecule has 0 aromatic rings. The van der Waals surface area contributed by atoms with Crippen LogP contribution in [0, 0.1) is 5.92 Å². The van der Waals surface area contributed by atoms with Gasteiger partial charge in [-0.2, -0.15) is 0 Å². The van der Waals surface area contributed by atoms with Gasteiger partial charge in [0.25, 0.3) is 0 Å². The van der Waals surface area contributed by atoms with Gasteiger partial charge >= 0.3 is 39.5 Å². The topological polar surface area (TPSA) is 237 Å². The highest BCUT2D eigenvalue weighted by Crippen LogP contribution is 2.45. The van der Waals surface area contributed by atoms with Gasteiger partial charge in [-0.1, -0.05) is 336 Å². The third-order valence-corrected chi connectivity index (χ3v) is 19.2. The van der Waals surface area contributed by atoms with Gasteiger partial charge in [-0.05, 0) is 31.6 Å². The number of rotatable bonds is 74. The minimum absolute atomic E-state index is 0.106. The summed E-state index contributed by atoms with van der Waals surface area (Å²) in [6.07, 6.45) is 55.6. The zero-order valence-corrected chi connectivity index (χ0v) is 62.2. The first kappa shape index (κ1) is 91.1. The standard InChI is InChI=1S/C74H144O17P2/c1-6-9-12-15-18-21-22-23-24-25-29-32-35-39-43-48-53-58-72(77)85-64-70(91-74(79)60-55-50-45-40-36-33-30-27-26-28-31-34-38-41-46-51-56-67(4)5)66-89-93(82,83)87-62-68(75)61-86-92(80,81)88-65-69(63-84-71(76)57-52-47-42-20-17-14-11-8-3)90-73(78)59-54-49-44-37-19-16-13-10-7-2/h67-70,75H,6-66H2,1-5H3,(H,80,81)(H,82,83)/t68-,69+,70+/m0/s1. The van der Waals surface area contributed by atoms with Crippen molar-refractivity contribution >= 4 is 39.5 Å². The molecule has 5 atom stereocenters. The average Bonchev–Trinajstić information content (AvgIpc) is 3.71. The van der Waals surface area contributed by atoms with Gasteiger partial charge in [-0.3, -0.25) is 37.3 Å². The SMILES string of the molecule is CCCCCCCCCCCCCCCCCCCC(=O)OC[C@H](COP(=O)(O)OC[C@@H](O)COP(=O)(O)OC[C@@H](COC(=O)CCCCCCCCCC)OC(=O)CCCCCCCCCCC)OC(=O)CCCCCCCCCCCCCCCCCCC(C)C. The van der Waals surface area contributed by atoms with Crippen molar-refractivity contribution < 1.29 is 80.2 Å². The summed E-state index contributed by atoms with van der Waals surface area (Å²) in [6.45, 7) is 7.26. The molecule has 0 fully saturated rings. The number of carbonyl (C=O) groups is 4. The minimum Gasteiger partial charge on any atom is -0.462 e. The molecule has 0 aromatic carbocycles. The highest BCUT2D eigenvalue weighted by molar-refractivity contribution is 7.47. The molecule has 0 aliphatic carbocycles. The van der Waals surface area contributed by atoms with Crippen LogP contribution in [0.4, 0.5) is 0 Å². The molecule has 552 valence electrons. The van der Waals surface area contributed by atoms with Crippen LogP contribution < -0.4 is 0 Å². The van der Waals surface area contributed by atoms with Crippen LogP contribution in [0.1, 0.15) is 388 Å². The summed E-state index contributed by atoms with van der Waals surface area (Å²) in [5, 5.41) is 10.6. The van der Waals surface area contributed by atoms with E-state index in [0.717, 1.165) is 102 Å². The third-order valence-electron chi connectivity index (χ3n) is 17.3. The maximum atomic E-state index is 13.1. The smallest absolute Gasteiger partial charge is 0.462 e. The van der Waals surface area contributed by atoms with Gasteiger partial charge in [0.15, 0.2) is 12.2 Å². The predicted octanol–water partition coefficient (Wildman–Crippen LogP) is 21.7. The molecular formula is C74H144O17P2. The molecule has 17 nitrogen and oxygen atoms in total. The van der Waals surface area contributed by atoms with Gasteiger partial charge in [-0.15, -0.1) is 0 Å². The van der Waals surface area contributed by atoms with Crippen molar-refractivity contribution in [3.8, 4) is 0 Å². The van der Waals surface area contributed by atoms with Crippen LogP contribution in [-0.2, 0) is 65.4 Å². The molecule has 2 unspecified atom stereocenters. The maximum Gasteiger partial charge on any atom is 0.472 e. The molecular weight excluding hydrogens is 1220 g/mol. The Morgan fingerprint density at radius 3 is 0.731 bits per heavy atom. The number of carbonyl (C=O) groups excluding carboxylic acids is 4. The molecule has 0 aliphatic rings. The van der Waals surface area contributed by atoms with E-state index in [9.17, 15) is 43.2 Å². The number of aliphatic hydroxyl groups excluding tert-OH is 1. The normalized spacial score (nSPS) is 14.0. The van der Waals surface area contributed by atoms with Crippen molar-refractivity contribution in [2.24, 2.45) is 5.92 Å². The van der Waals surface area contributed by atoms with Gasteiger partial charge in [-0.25, -0.2) is 9.13 Å². The van der Waals surface area contributed by atoms with E-state index in [-0.39, 0.29) is 25.7 Å². The number of phosphoric acid groups is 2. The first-order chi connectivity index (χ1) is 45.0. The number of aliphatic hydroxyl groups is 1. The molecule has 0 amide bonds. The van der Waals surface area contributed by atoms with Crippen molar-refractivity contribution in [1.29, 1.82) is 0 Å². The number of unbranched alkanes of at least 4 members (excludes halogenated alkanes) is 46. The van der Waals surface area contributed by atoms with Crippen LogP contribution in [0.15, 0.2) is 0 Å². The quantitative estimate of drug-likeness (QED) is 0.0222. The van der Waals surface area contributed by atoms with Crippen molar-refractivity contribution in [2.75, 3.05) is 39.6 Å². The van der Waals surface area contributed by atoms with E-state index in [0.29, 0.717) is 25.7 Å². The van der Waals surface area contributed by atoms with E-state index < -0.39 is 97.5 Å². The van der Waals surface area contributed by atoms with Gasteiger partial charge in [0.1, 0.15) is 19.3 Å². The molecule has 0 saturated heterocycles. The maximum absolute atomic E-state index is 13.1. The summed E-state index contributed by atoms with van der Waals surface area (Å²) in [4.78, 5) is 72.5. The second kappa shape index (κ2) is 67.3. The third kappa shape index (κ3) is 68.4. The number of ether oxygens (including phenoxy) is 4. The second-order valence-electron chi connectivity index (χ2n) is 27.2. The van der Waals surface area contributed by atoms with E-state index >= 15 is 0 Å². The van der Waals surface area contributed by atoms with Gasteiger partial charge < -0.3 is 33.8 Å². The number of hydrogen-bond acceptors (Lipinski definition) is 15. The van der Waals surface area contributed by atoms with Crippen molar-refractivity contribution in [3.63, 3.8) is 0 Å². The van der Waals surface area contributed by atoms with E-state index in [1.807, 2.05) is 0 Å². The van der Waals surface area contributed by atoms with E-state index in [4.69, 9.17) is 37.0 Å². The summed E-state index contributed by atoms with van der Waals surface area (Å²) >= 11 is 0. The van der Waals surface area contributed by atoms with Crippen molar-refractivity contribution in [2.45, 2.75) is 406 Å². The van der Waals surface area contributed by atoms with E-state index in [1.165, 1.54) is 205 Å². The van der Waals surface area contributed by atoms with Crippen molar-refractivity contribution in [3.05, 3.63) is 0 Å². The first-order valence-corrected chi connectivity index (χ1v) is 41.6. The van der Waals surface area contributed by atoms with Gasteiger partial charge in [0, 0.05) is 25.7 Å². The number of hydrogen-bond donors (Lipinski definition) is 3. The lowest BCUT2D eigenvalue weighted by Crippen LogP contribution is -2.30. The van der Waals surface area contributed by atoms with Crippen LogP contribution in [0.25, 0.3) is 0 Å². The monoisotopic (exact) mass is 1370 g/mol. The van der Waals surface area contributed by atoms with Crippen LogP contribution in [0.2, 0.25) is 0 Å². The zero-order valence-electron chi connectivity index (χ0n) is 60.4. The fourth-order valence-electron chi connectivity index (χ4n) is 11.4. The summed E-state index contributed by atoms with van der Waals surface area (Å²) < 4.78 is 68.3. The minimum atomic E-state index is -4.95. The Labute approximate surface area is 568 Å². The zero-order chi connectivity index (χ0) is 68.4. The summed E-state index contributed by atoms with van der Waals surface area (Å²) in [5.74, 6) is -1.31. The fraction of sp³-hybridized carbons (Fsp3) is 0.946. The average molecular weight is 1370 g/mol. The molecule has 19 heteroatoms. The second-order valence-corrected chi connectivity index (χ2v) is 30.1.